The summed E-state index contributed by atoms with van der Waals surface area (Å²) in [6.07, 6.45) is 1.63. The third-order valence-corrected chi connectivity index (χ3v) is 3.04. The van der Waals surface area contributed by atoms with Crippen LogP contribution in [0, 0.1) is 11.6 Å². The lowest BCUT2D eigenvalue weighted by molar-refractivity contribution is 0.279. The molecule has 3 rings (SSSR count). The highest BCUT2D eigenvalue weighted by atomic mass is 19.1. The van der Waals surface area contributed by atoms with Gasteiger partial charge in [0, 0.05) is 17.6 Å². The molecule has 3 nitrogen and oxygen atoms in total. The molecule has 1 heterocycles. The predicted molar refractivity (Wildman–Crippen MR) is 74.1 cm³/mol. The van der Waals surface area contributed by atoms with Crippen molar-refractivity contribution in [3.63, 3.8) is 0 Å². The molecule has 0 unspecified atom stereocenters. The van der Waals surface area contributed by atoms with Gasteiger partial charge in [0.2, 0.25) is 0 Å². The molecule has 2 aromatic carbocycles. The minimum Gasteiger partial charge on any atom is -0.451 e. The zero-order valence-electron chi connectivity index (χ0n) is 10.9. The maximum absolute atomic E-state index is 13.8. The van der Waals surface area contributed by atoms with Crippen molar-refractivity contribution in [3.8, 4) is 11.5 Å². The monoisotopic (exact) mass is 287 g/mol. The fourth-order valence-corrected chi connectivity index (χ4v) is 2.03. The molecule has 0 atom stereocenters. The van der Waals surface area contributed by atoms with Crippen LogP contribution in [0.2, 0.25) is 0 Å². The highest BCUT2D eigenvalue weighted by molar-refractivity contribution is 5.79. The van der Waals surface area contributed by atoms with E-state index in [1.807, 2.05) is 6.07 Å². The zero-order chi connectivity index (χ0) is 14.8. The lowest BCUT2D eigenvalue weighted by atomic mass is 10.2. The summed E-state index contributed by atoms with van der Waals surface area (Å²) >= 11 is 0. The molecule has 0 aliphatic carbocycles. The Labute approximate surface area is 119 Å². The minimum atomic E-state index is -0.861. The van der Waals surface area contributed by atoms with Crippen LogP contribution in [0.3, 0.4) is 0 Å². The van der Waals surface area contributed by atoms with Crippen LogP contribution in [0.1, 0.15) is 5.56 Å². The highest BCUT2D eigenvalue weighted by Crippen LogP contribution is 2.30. The second-order valence-electron chi connectivity index (χ2n) is 4.51. The van der Waals surface area contributed by atoms with Crippen molar-refractivity contribution in [2.75, 3.05) is 0 Å². The molecule has 0 fully saturated rings. The molecule has 0 saturated carbocycles. The number of aliphatic hydroxyl groups is 1. The number of pyridine rings is 1. The van der Waals surface area contributed by atoms with Crippen LogP contribution < -0.4 is 4.74 Å². The van der Waals surface area contributed by atoms with Gasteiger partial charge < -0.3 is 9.84 Å². The molecule has 0 aliphatic heterocycles. The van der Waals surface area contributed by atoms with Gasteiger partial charge in [-0.25, -0.2) is 8.78 Å². The normalized spacial score (nSPS) is 10.8. The summed E-state index contributed by atoms with van der Waals surface area (Å²) in [5.41, 5.74) is 0.820. The van der Waals surface area contributed by atoms with Crippen molar-refractivity contribution in [3.05, 3.63) is 65.9 Å². The number of nitrogens with zero attached hydrogens (tertiary/aromatic N) is 1. The van der Waals surface area contributed by atoms with Crippen molar-refractivity contribution in [2.45, 2.75) is 6.61 Å². The summed E-state index contributed by atoms with van der Waals surface area (Å²) in [5.74, 6) is -1.93. The van der Waals surface area contributed by atoms with Crippen LogP contribution >= 0.6 is 0 Å². The number of fused-ring (bicyclic) bond motifs is 1. The molecule has 21 heavy (non-hydrogen) atoms. The van der Waals surface area contributed by atoms with Gasteiger partial charge in [0.25, 0.3) is 0 Å². The van der Waals surface area contributed by atoms with Crippen LogP contribution in [0.15, 0.2) is 48.7 Å². The lowest BCUT2D eigenvalue weighted by Crippen LogP contribution is -1.96. The maximum Gasteiger partial charge on any atom is 0.198 e. The number of hydrogen-bond donors (Lipinski definition) is 1. The van der Waals surface area contributed by atoms with E-state index in [1.54, 1.807) is 30.5 Å². The standard InChI is InChI=1S/C16H11F2NO2/c17-13-6-10(9-20)7-14(18)16(13)21-12-4-3-11-2-1-5-19-15(11)8-12/h1-8,20H,9H2. The molecular weight excluding hydrogens is 276 g/mol. The molecule has 0 bridgehead atoms. The van der Waals surface area contributed by atoms with E-state index in [0.29, 0.717) is 5.52 Å². The zero-order valence-corrected chi connectivity index (χ0v) is 10.9. The first kappa shape index (κ1) is 13.5. The number of rotatable bonds is 3. The summed E-state index contributed by atoms with van der Waals surface area (Å²) in [5, 5.41) is 9.81. The number of halogens is 2. The van der Waals surface area contributed by atoms with Crippen LogP contribution in [-0.2, 0) is 6.61 Å². The SMILES string of the molecule is OCc1cc(F)c(Oc2ccc3cccnc3c2)c(F)c1. The summed E-state index contributed by atoms with van der Waals surface area (Å²) in [6, 6.07) is 10.7. The average molecular weight is 287 g/mol. The molecule has 0 radical (unpaired) electrons. The van der Waals surface area contributed by atoms with Crippen LogP contribution in [-0.4, -0.2) is 10.1 Å². The summed E-state index contributed by atoms with van der Waals surface area (Å²) in [7, 11) is 0. The molecular formula is C16H11F2NO2. The molecule has 0 aliphatic rings. The highest BCUT2D eigenvalue weighted by Gasteiger charge is 2.13. The van der Waals surface area contributed by atoms with Gasteiger partial charge >= 0.3 is 0 Å². The summed E-state index contributed by atoms with van der Waals surface area (Å²) in [4.78, 5) is 4.16. The second-order valence-corrected chi connectivity index (χ2v) is 4.51. The Morgan fingerprint density at radius 1 is 1.05 bits per heavy atom. The van der Waals surface area contributed by atoms with Gasteiger partial charge in [-0.2, -0.15) is 0 Å². The van der Waals surface area contributed by atoms with Gasteiger partial charge in [-0.3, -0.25) is 4.98 Å². The van der Waals surface area contributed by atoms with Gasteiger partial charge in [0.1, 0.15) is 5.75 Å². The fraction of sp³-hybridized carbons (Fsp3) is 0.0625. The molecule has 1 aromatic heterocycles. The second kappa shape index (κ2) is 5.46. The van der Waals surface area contributed by atoms with Gasteiger partial charge in [0.05, 0.1) is 12.1 Å². The quantitative estimate of drug-likeness (QED) is 0.796. The van der Waals surface area contributed by atoms with Crippen LogP contribution in [0.25, 0.3) is 10.9 Å². The van der Waals surface area contributed by atoms with Crippen molar-refractivity contribution >= 4 is 10.9 Å². The average Bonchev–Trinajstić information content (AvgIpc) is 2.50. The Morgan fingerprint density at radius 2 is 1.81 bits per heavy atom. The van der Waals surface area contributed by atoms with Gasteiger partial charge in [-0.1, -0.05) is 6.07 Å². The Hall–Kier alpha value is -2.53. The van der Waals surface area contributed by atoms with Crippen LogP contribution in [0.5, 0.6) is 11.5 Å². The molecule has 106 valence electrons. The van der Waals surface area contributed by atoms with E-state index in [9.17, 15) is 8.78 Å². The van der Waals surface area contributed by atoms with E-state index < -0.39 is 24.0 Å². The molecule has 1 N–H and O–H groups in total. The minimum absolute atomic E-state index is 0.150. The predicted octanol–water partition coefficient (Wildman–Crippen LogP) is 3.80. The first-order chi connectivity index (χ1) is 10.2. The number of ether oxygens (including phenoxy) is 1. The van der Waals surface area contributed by atoms with Crippen molar-refractivity contribution < 1.29 is 18.6 Å². The number of benzene rings is 2. The smallest absolute Gasteiger partial charge is 0.198 e. The molecule has 0 amide bonds. The first-order valence-corrected chi connectivity index (χ1v) is 6.29. The largest absolute Gasteiger partial charge is 0.451 e. The number of hydrogen-bond acceptors (Lipinski definition) is 3. The maximum atomic E-state index is 13.8. The molecule has 0 saturated heterocycles. The molecule has 3 aromatic rings. The third-order valence-electron chi connectivity index (χ3n) is 3.04. The fourth-order valence-electron chi connectivity index (χ4n) is 2.03. The van der Waals surface area contributed by atoms with E-state index in [0.717, 1.165) is 17.5 Å². The van der Waals surface area contributed by atoms with E-state index in [-0.39, 0.29) is 11.3 Å². The third kappa shape index (κ3) is 2.68. The van der Waals surface area contributed by atoms with E-state index in [1.165, 1.54) is 0 Å². The Bertz CT molecular complexity index is 782. The summed E-state index contributed by atoms with van der Waals surface area (Å²) < 4.78 is 32.9. The van der Waals surface area contributed by atoms with Crippen molar-refractivity contribution in [1.82, 2.24) is 4.98 Å². The van der Waals surface area contributed by atoms with Gasteiger partial charge in [-0.15, -0.1) is 0 Å². The summed E-state index contributed by atoms with van der Waals surface area (Å²) in [6.45, 7) is -0.436. The van der Waals surface area contributed by atoms with Crippen molar-refractivity contribution in [2.24, 2.45) is 0 Å². The number of aromatic nitrogens is 1. The molecule has 5 heteroatoms. The Balaban J connectivity index is 1.98. The lowest BCUT2D eigenvalue weighted by Gasteiger charge is -2.09. The van der Waals surface area contributed by atoms with Gasteiger partial charge in [-0.05, 0) is 35.9 Å². The van der Waals surface area contributed by atoms with E-state index >= 15 is 0 Å². The Kier molecular flexibility index (Phi) is 3.50. The first-order valence-electron chi connectivity index (χ1n) is 6.29. The topological polar surface area (TPSA) is 42.4 Å². The van der Waals surface area contributed by atoms with Crippen LogP contribution in [0.4, 0.5) is 8.78 Å². The van der Waals surface area contributed by atoms with Gasteiger partial charge in [0.15, 0.2) is 17.4 Å². The van der Waals surface area contributed by atoms with E-state index in [2.05, 4.69) is 4.98 Å². The number of aliphatic hydroxyl groups excluding tert-OH is 1. The van der Waals surface area contributed by atoms with E-state index in [4.69, 9.17) is 9.84 Å². The molecule has 0 spiro atoms. The van der Waals surface area contributed by atoms with Crippen molar-refractivity contribution in [1.29, 1.82) is 0 Å². The Morgan fingerprint density at radius 3 is 2.52 bits per heavy atom.